The van der Waals surface area contributed by atoms with Gasteiger partial charge in [0, 0.05) is 30.6 Å². The lowest BCUT2D eigenvalue weighted by atomic mass is 10.3. The minimum Gasteiger partial charge on any atom is -0.424 e. The van der Waals surface area contributed by atoms with Crippen LogP contribution in [0.2, 0.25) is 0 Å². The molecule has 3 heterocycles. The Kier molecular flexibility index (Phi) is 4.09. The van der Waals surface area contributed by atoms with Crippen molar-refractivity contribution in [3.05, 3.63) is 27.9 Å². The minimum atomic E-state index is 0.0519. The third-order valence-corrected chi connectivity index (χ3v) is 4.29. The Hall–Kier alpha value is -1.31. The summed E-state index contributed by atoms with van der Waals surface area (Å²) in [5.41, 5.74) is 1.05. The molecule has 1 aliphatic rings. The van der Waals surface area contributed by atoms with E-state index in [1.165, 1.54) is 0 Å². The minimum absolute atomic E-state index is 0.0519. The van der Waals surface area contributed by atoms with Crippen LogP contribution in [-0.4, -0.2) is 39.8 Å². The maximum absolute atomic E-state index is 5.81. The van der Waals surface area contributed by atoms with Gasteiger partial charge in [-0.3, -0.25) is 4.90 Å². The normalized spacial score (nSPS) is 20.4. The van der Waals surface area contributed by atoms with Gasteiger partial charge in [0.1, 0.15) is 11.1 Å². The zero-order valence-corrected chi connectivity index (χ0v) is 12.5. The molecule has 3 rings (SSSR count). The molecular weight excluding hydrogens is 276 g/mol. The van der Waals surface area contributed by atoms with Crippen molar-refractivity contribution in [2.24, 2.45) is 0 Å². The van der Waals surface area contributed by atoms with Crippen molar-refractivity contribution < 1.29 is 9.15 Å². The molecule has 0 N–H and O–H groups in total. The smallest absolute Gasteiger partial charge is 0.230 e. The summed E-state index contributed by atoms with van der Waals surface area (Å²) in [6.45, 7) is 7.09. The van der Waals surface area contributed by atoms with E-state index in [-0.39, 0.29) is 6.10 Å². The first-order valence-electron chi connectivity index (χ1n) is 6.82. The van der Waals surface area contributed by atoms with Gasteiger partial charge >= 0.3 is 0 Å². The molecule has 0 saturated carbocycles. The van der Waals surface area contributed by atoms with Crippen LogP contribution in [0.25, 0.3) is 0 Å². The highest BCUT2D eigenvalue weighted by Crippen LogP contribution is 2.25. The van der Waals surface area contributed by atoms with E-state index < -0.39 is 0 Å². The molecule has 0 radical (unpaired) electrons. The van der Waals surface area contributed by atoms with Gasteiger partial charge in [-0.25, -0.2) is 4.98 Å². The summed E-state index contributed by atoms with van der Waals surface area (Å²) in [6, 6.07) is 0. The van der Waals surface area contributed by atoms with Gasteiger partial charge in [-0.2, -0.15) is 0 Å². The van der Waals surface area contributed by atoms with Crippen LogP contribution in [0.15, 0.2) is 9.80 Å². The Morgan fingerprint density at radius 3 is 2.95 bits per heavy atom. The molecule has 0 aliphatic carbocycles. The summed E-state index contributed by atoms with van der Waals surface area (Å²) in [6.07, 6.45) is 0.827. The Morgan fingerprint density at radius 2 is 2.25 bits per heavy atom. The first-order valence-corrected chi connectivity index (χ1v) is 7.70. The van der Waals surface area contributed by atoms with Gasteiger partial charge < -0.3 is 9.15 Å². The van der Waals surface area contributed by atoms with Crippen LogP contribution in [0.1, 0.15) is 35.5 Å². The van der Waals surface area contributed by atoms with Crippen LogP contribution < -0.4 is 0 Å². The topological polar surface area (TPSA) is 64.3 Å². The van der Waals surface area contributed by atoms with Gasteiger partial charge in [-0.15, -0.1) is 21.5 Å². The predicted molar refractivity (Wildman–Crippen MR) is 74.5 cm³/mol. The molecule has 0 bridgehead atoms. The molecular formula is C13H18N4O2S. The Morgan fingerprint density at radius 1 is 1.40 bits per heavy atom. The Balaban J connectivity index is 1.63. The van der Waals surface area contributed by atoms with E-state index in [9.17, 15) is 0 Å². The fraction of sp³-hybridized carbons (Fsp3) is 0.615. The molecule has 1 fully saturated rings. The van der Waals surface area contributed by atoms with E-state index >= 15 is 0 Å². The lowest BCUT2D eigenvalue weighted by Gasteiger charge is -2.30. The number of aromatic nitrogens is 3. The van der Waals surface area contributed by atoms with Crippen LogP contribution in [0, 0.1) is 6.92 Å². The van der Waals surface area contributed by atoms with Gasteiger partial charge in [-0.1, -0.05) is 6.92 Å². The van der Waals surface area contributed by atoms with Crippen molar-refractivity contribution in [2.75, 3.05) is 19.7 Å². The largest absolute Gasteiger partial charge is 0.424 e. The van der Waals surface area contributed by atoms with E-state index in [0.717, 1.165) is 30.2 Å². The molecule has 0 aromatic carbocycles. The van der Waals surface area contributed by atoms with Gasteiger partial charge in [0.15, 0.2) is 0 Å². The third kappa shape index (κ3) is 3.05. The molecule has 6 nitrogen and oxygen atoms in total. The van der Waals surface area contributed by atoms with E-state index in [2.05, 4.69) is 25.5 Å². The Bertz CT molecular complexity index is 568. The summed E-state index contributed by atoms with van der Waals surface area (Å²) in [7, 11) is 0. The summed E-state index contributed by atoms with van der Waals surface area (Å²) < 4.78 is 11.4. The number of rotatable bonds is 4. The highest BCUT2D eigenvalue weighted by molar-refractivity contribution is 7.09. The molecule has 2 aromatic heterocycles. The number of thiazole rings is 1. The van der Waals surface area contributed by atoms with Crippen molar-refractivity contribution >= 4 is 11.3 Å². The lowest BCUT2D eigenvalue weighted by Crippen LogP contribution is -2.37. The van der Waals surface area contributed by atoms with Crippen molar-refractivity contribution in [3.63, 3.8) is 0 Å². The highest BCUT2D eigenvalue weighted by atomic mass is 32.1. The SMILES string of the molecule is CCc1nnc(CN2CCOC(c3nc(C)cs3)C2)o1. The molecule has 1 aliphatic heterocycles. The average Bonchev–Trinajstić information content (AvgIpc) is 3.08. The van der Waals surface area contributed by atoms with E-state index in [1.807, 2.05) is 13.8 Å². The summed E-state index contributed by atoms with van der Waals surface area (Å²) in [5, 5.41) is 11.2. The molecule has 108 valence electrons. The van der Waals surface area contributed by atoms with Crippen molar-refractivity contribution in [2.45, 2.75) is 32.9 Å². The number of nitrogens with zero attached hydrogens (tertiary/aromatic N) is 4. The van der Waals surface area contributed by atoms with Gasteiger partial charge in [-0.05, 0) is 6.92 Å². The van der Waals surface area contributed by atoms with Gasteiger partial charge in [0.2, 0.25) is 11.8 Å². The molecule has 1 unspecified atom stereocenters. The van der Waals surface area contributed by atoms with Crippen LogP contribution >= 0.6 is 11.3 Å². The van der Waals surface area contributed by atoms with Crippen molar-refractivity contribution in [1.82, 2.24) is 20.1 Å². The monoisotopic (exact) mass is 294 g/mol. The van der Waals surface area contributed by atoms with E-state index in [0.29, 0.717) is 24.9 Å². The van der Waals surface area contributed by atoms with Crippen LogP contribution in [0.5, 0.6) is 0 Å². The van der Waals surface area contributed by atoms with Crippen LogP contribution in [-0.2, 0) is 17.7 Å². The van der Waals surface area contributed by atoms with Crippen LogP contribution in [0.3, 0.4) is 0 Å². The number of morpholine rings is 1. The number of ether oxygens (including phenoxy) is 1. The highest BCUT2D eigenvalue weighted by Gasteiger charge is 2.25. The number of hydrogen-bond acceptors (Lipinski definition) is 7. The molecule has 2 aromatic rings. The maximum Gasteiger partial charge on any atom is 0.230 e. The van der Waals surface area contributed by atoms with Gasteiger partial charge in [0.05, 0.1) is 13.2 Å². The summed E-state index contributed by atoms with van der Waals surface area (Å²) in [4.78, 5) is 6.78. The van der Waals surface area contributed by atoms with E-state index in [1.54, 1.807) is 11.3 Å². The molecule has 20 heavy (non-hydrogen) atoms. The second-order valence-corrected chi connectivity index (χ2v) is 5.75. The molecule has 0 amide bonds. The average molecular weight is 294 g/mol. The number of aryl methyl sites for hydroxylation is 2. The van der Waals surface area contributed by atoms with E-state index in [4.69, 9.17) is 9.15 Å². The Labute approximate surface area is 121 Å². The summed E-state index contributed by atoms with van der Waals surface area (Å²) >= 11 is 1.66. The molecule has 1 saturated heterocycles. The van der Waals surface area contributed by atoms with Crippen molar-refractivity contribution in [3.8, 4) is 0 Å². The standard InChI is InChI=1S/C13H18N4O2S/c1-3-11-15-16-12(19-11)7-17-4-5-18-10(6-17)13-14-9(2)8-20-13/h8,10H,3-7H2,1-2H3. The molecule has 0 spiro atoms. The zero-order valence-electron chi connectivity index (χ0n) is 11.7. The second kappa shape index (κ2) is 5.99. The fourth-order valence-electron chi connectivity index (χ4n) is 2.20. The van der Waals surface area contributed by atoms with Crippen LogP contribution in [0.4, 0.5) is 0 Å². The maximum atomic E-state index is 5.81. The zero-order chi connectivity index (χ0) is 13.9. The summed E-state index contributed by atoms with van der Waals surface area (Å²) in [5.74, 6) is 1.37. The second-order valence-electron chi connectivity index (χ2n) is 4.86. The molecule has 1 atom stereocenters. The predicted octanol–water partition coefficient (Wildman–Crippen LogP) is 1.97. The lowest BCUT2D eigenvalue weighted by molar-refractivity contribution is -0.0353. The van der Waals surface area contributed by atoms with Crippen molar-refractivity contribution in [1.29, 1.82) is 0 Å². The van der Waals surface area contributed by atoms with Gasteiger partial charge in [0.25, 0.3) is 0 Å². The fourth-order valence-corrected chi connectivity index (χ4v) is 3.04. The quantitative estimate of drug-likeness (QED) is 0.859. The third-order valence-electron chi connectivity index (χ3n) is 3.23. The number of hydrogen-bond donors (Lipinski definition) is 0. The molecule has 7 heteroatoms. The first-order chi connectivity index (χ1) is 9.74. The first kappa shape index (κ1) is 13.7.